The Balaban J connectivity index is 2.84. The number of allylic oxidation sites excluding steroid dienone is 2. The SMILES string of the molecule is CC(C)(C)C1=CC=COC1O. The van der Waals surface area contributed by atoms with Crippen molar-refractivity contribution in [3.8, 4) is 0 Å². The Hall–Kier alpha value is -0.760. The Labute approximate surface area is 67.2 Å². The van der Waals surface area contributed by atoms with Crippen molar-refractivity contribution in [2.45, 2.75) is 27.1 Å². The van der Waals surface area contributed by atoms with Gasteiger partial charge in [0.15, 0.2) is 0 Å². The summed E-state index contributed by atoms with van der Waals surface area (Å²) in [6.07, 6.45) is 4.43. The van der Waals surface area contributed by atoms with E-state index in [1.807, 2.05) is 26.8 Å². The lowest BCUT2D eigenvalue weighted by Gasteiger charge is -2.27. The number of rotatable bonds is 0. The van der Waals surface area contributed by atoms with Crippen LogP contribution in [-0.4, -0.2) is 11.4 Å². The average molecular weight is 154 g/mol. The van der Waals surface area contributed by atoms with Crippen molar-refractivity contribution >= 4 is 0 Å². The Kier molecular flexibility index (Phi) is 2.05. The highest BCUT2D eigenvalue weighted by molar-refractivity contribution is 5.22. The summed E-state index contributed by atoms with van der Waals surface area (Å²) in [6.45, 7) is 6.14. The summed E-state index contributed by atoms with van der Waals surface area (Å²) in [6, 6.07) is 0. The van der Waals surface area contributed by atoms with E-state index in [2.05, 4.69) is 0 Å². The van der Waals surface area contributed by atoms with Gasteiger partial charge < -0.3 is 9.84 Å². The first-order chi connectivity index (χ1) is 5.02. The second-order valence-electron chi connectivity index (χ2n) is 3.69. The lowest BCUT2D eigenvalue weighted by molar-refractivity contribution is -0.0348. The highest BCUT2D eigenvalue weighted by atomic mass is 16.6. The van der Waals surface area contributed by atoms with Gasteiger partial charge in [-0.05, 0) is 11.5 Å². The van der Waals surface area contributed by atoms with Crippen LogP contribution in [0, 0.1) is 5.41 Å². The van der Waals surface area contributed by atoms with Gasteiger partial charge in [0.2, 0.25) is 6.29 Å². The highest BCUT2D eigenvalue weighted by Gasteiger charge is 2.25. The zero-order valence-corrected chi connectivity index (χ0v) is 7.16. The van der Waals surface area contributed by atoms with Gasteiger partial charge in [-0.3, -0.25) is 0 Å². The monoisotopic (exact) mass is 154 g/mol. The summed E-state index contributed by atoms with van der Waals surface area (Å²) in [5.41, 5.74) is 0.893. The topological polar surface area (TPSA) is 29.5 Å². The third-order valence-corrected chi connectivity index (χ3v) is 1.69. The van der Waals surface area contributed by atoms with Gasteiger partial charge in [0, 0.05) is 5.57 Å². The molecule has 62 valence electrons. The van der Waals surface area contributed by atoms with E-state index < -0.39 is 6.29 Å². The molecule has 1 unspecified atom stereocenters. The van der Waals surface area contributed by atoms with Crippen molar-refractivity contribution in [3.05, 3.63) is 24.0 Å². The molecule has 0 radical (unpaired) electrons. The normalized spacial score (nSPS) is 24.4. The van der Waals surface area contributed by atoms with Crippen LogP contribution in [0.3, 0.4) is 0 Å². The molecule has 1 atom stereocenters. The third kappa shape index (κ3) is 1.84. The Morgan fingerprint density at radius 2 is 2.09 bits per heavy atom. The van der Waals surface area contributed by atoms with Crippen LogP contribution in [0.5, 0.6) is 0 Å². The van der Waals surface area contributed by atoms with E-state index in [1.165, 1.54) is 6.26 Å². The summed E-state index contributed by atoms with van der Waals surface area (Å²) < 4.78 is 4.92. The first-order valence-corrected chi connectivity index (χ1v) is 3.72. The van der Waals surface area contributed by atoms with Crippen molar-refractivity contribution in [2.24, 2.45) is 5.41 Å². The zero-order chi connectivity index (χ0) is 8.48. The first-order valence-electron chi connectivity index (χ1n) is 3.72. The van der Waals surface area contributed by atoms with Crippen LogP contribution in [0.15, 0.2) is 24.0 Å². The molecule has 0 fully saturated rings. The molecule has 1 heterocycles. The minimum absolute atomic E-state index is 0.0236. The summed E-state index contributed by atoms with van der Waals surface area (Å²) in [4.78, 5) is 0. The lowest BCUT2D eigenvalue weighted by Crippen LogP contribution is -2.24. The van der Waals surface area contributed by atoms with Crippen LogP contribution in [0.1, 0.15) is 20.8 Å². The van der Waals surface area contributed by atoms with Gasteiger partial charge in [0.1, 0.15) is 0 Å². The van der Waals surface area contributed by atoms with Crippen molar-refractivity contribution < 1.29 is 9.84 Å². The summed E-state index contributed by atoms with van der Waals surface area (Å²) in [5, 5.41) is 9.36. The molecule has 0 saturated heterocycles. The maximum atomic E-state index is 9.36. The molecule has 0 aromatic carbocycles. The van der Waals surface area contributed by atoms with Crippen molar-refractivity contribution in [2.75, 3.05) is 0 Å². The summed E-state index contributed by atoms with van der Waals surface area (Å²) in [5.74, 6) is 0. The largest absolute Gasteiger partial charge is 0.469 e. The van der Waals surface area contributed by atoms with Gasteiger partial charge in [-0.1, -0.05) is 26.8 Å². The van der Waals surface area contributed by atoms with Crippen molar-refractivity contribution in [3.63, 3.8) is 0 Å². The van der Waals surface area contributed by atoms with Crippen molar-refractivity contribution in [1.82, 2.24) is 0 Å². The fourth-order valence-corrected chi connectivity index (χ4v) is 1.04. The lowest BCUT2D eigenvalue weighted by atomic mass is 9.85. The van der Waals surface area contributed by atoms with Crippen LogP contribution in [0.4, 0.5) is 0 Å². The minimum Gasteiger partial charge on any atom is -0.469 e. The Morgan fingerprint density at radius 3 is 2.45 bits per heavy atom. The Bertz CT molecular complexity index is 196. The van der Waals surface area contributed by atoms with Crippen LogP contribution < -0.4 is 0 Å². The van der Waals surface area contributed by atoms with E-state index in [1.54, 1.807) is 6.08 Å². The minimum atomic E-state index is -0.764. The molecule has 1 rings (SSSR count). The van der Waals surface area contributed by atoms with E-state index in [-0.39, 0.29) is 5.41 Å². The number of aliphatic hydroxyl groups is 1. The molecule has 1 aliphatic heterocycles. The maximum Gasteiger partial charge on any atom is 0.220 e. The molecule has 0 spiro atoms. The fraction of sp³-hybridized carbons (Fsp3) is 0.556. The number of ether oxygens (including phenoxy) is 1. The molecule has 0 aromatic heterocycles. The molecule has 0 saturated carbocycles. The number of hydrogen-bond acceptors (Lipinski definition) is 2. The molecule has 0 aliphatic carbocycles. The van der Waals surface area contributed by atoms with E-state index in [9.17, 15) is 5.11 Å². The molecule has 1 aliphatic rings. The Morgan fingerprint density at radius 1 is 1.45 bits per heavy atom. The smallest absolute Gasteiger partial charge is 0.220 e. The van der Waals surface area contributed by atoms with Crippen molar-refractivity contribution in [1.29, 1.82) is 0 Å². The zero-order valence-electron chi connectivity index (χ0n) is 7.16. The predicted molar refractivity (Wildman–Crippen MR) is 43.8 cm³/mol. The van der Waals surface area contributed by atoms with Crippen LogP contribution in [-0.2, 0) is 4.74 Å². The molecule has 2 nitrogen and oxygen atoms in total. The standard InChI is InChI=1S/C9H14O2/c1-9(2,3)7-5-4-6-11-8(7)10/h4-6,8,10H,1-3H3. The molecule has 0 amide bonds. The predicted octanol–water partition coefficient (Wildman–Crippen LogP) is 1.82. The van der Waals surface area contributed by atoms with Crippen LogP contribution in [0.2, 0.25) is 0 Å². The quantitative estimate of drug-likeness (QED) is 0.576. The van der Waals surface area contributed by atoms with Crippen LogP contribution in [0.25, 0.3) is 0 Å². The first kappa shape index (κ1) is 8.34. The average Bonchev–Trinajstić information content (AvgIpc) is 1.86. The molecular weight excluding hydrogens is 140 g/mol. The molecule has 11 heavy (non-hydrogen) atoms. The van der Waals surface area contributed by atoms with Gasteiger partial charge in [-0.25, -0.2) is 0 Å². The van der Waals surface area contributed by atoms with E-state index in [0.29, 0.717) is 0 Å². The van der Waals surface area contributed by atoms with Gasteiger partial charge in [0.05, 0.1) is 6.26 Å². The molecule has 2 heteroatoms. The van der Waals surface area contributed by atoms with E-state index >= 15 is 0 Å². The highest BCUT2D eigenvalue weighted by Crippen LogP contribution is 2.30. The molecule has 0 aromatic rings. The summed E-state index contributed by atoms with van der Waals surface area (Å²) in [7, 11) is 0. The number of aliphatic hydroxyl groups excluding tert-OH is 1. The maximum absolute atomic E-state index is 9.36. The second-order valence-corrected chi connectivity index (χ2v) is 3.69. The molecule has 0 bridgehead atoms. The van der Waals surface area contributed by atoms with Gasteiger partial charge in [-0.2, -0.15) is 0 Å². The van der Waals surface area contributed by atoms with E-state index in [4.69, 9.17) is 4.74 Å². The third-order valence-electron chi connectivity index (χ3n) is 1.69. The summed E-state index contributed by atoms with van der Waals surface area (Å²) >= 11 is 0. The van der Waals surface area contributed by atoms with Crippen LogP contribution >= 0.6 is 0 Å². The van der Waals surface area contributed by atoms with Gasteiger partial charge in [0.25, 0.3) is 0 Å². The second kappa shape index (κ2) is 2.70. The fourth-order valence-electron chi connectivity index (χ4n) is 1.04. The molecular formula is C9H14O2. The van der Waals surface area contributed by atoms with Gasteiger partial charge in [-0.15, -0.1) is 0 Å². The molecule has 1 N–H and O–H groups in total. The number of hydrogen-bond donors (Lipinski definition) is 1. The van der Waals surface area contributed by atoms with Gasteiger partial charge >= 0.3 is 0 Å². The van der Waals surface area contributed by atoms with E-state index in [0.717, 1.165) is 5.57 Å².